The Morgan fingerprint density at radius 2 is 1.52 bits per heavy atom. The standard InChI is InChI=1S/C23H30N2O2/c1-19(26)23(24(2)3,17-20-7-5-4-6-8-20)18-21-9-11-22(12-10-21)25-13-15-27-16-14-25/h4-12H,13-18H2,1-3H3. The number of morpholine rings is 1. The maximum absolute atomic E-state index is 12.8. The van der Waals surface area contributed by atoms with Crippen molar-refractivity contribution in [1.29, 1.82) is 0 Å². The number of Topliss-reactive ketones (excluding diaryl/α,β-unsaturated/α-hetero) is 1. The van der Waals surface area contributed by atoms with E-state index in [1.807, 2.05) is 32.3 Å². The predicted octanol–water partition coefficient (Wildman–Crippen LogP) is 3.20. The molecule has 0 N–H and O–H groups in total. The van der Waals surface area contributed by atoms with Crippen molar-refractivity contribution in [2.75, 3.05) is 45.3 Å². The van der Waals surface area contributed by atoms with Crippen molar-refractivity contribution in [2.45, 2.75) is 25.3 Å². The van der Waals surface area contributed by atoms with E-state index < -0.39 is 5.54 Å². The zero-order valence-corrected chi connectivity index (χ0v) is 16.6. The van der Waals surface area contributed by atoms with Crippen molar-refractivity contribution in [3.63, 3.8) is 0 Å². The third kappa shape index (κ3) is 4.57. The summed E-state index contributed by atoms with van der Waals surface area (Å²) in [4.78, 5) is 17.2. The number of rotatable bonds is 7. The first kappa shape index (κ1) is 19.6. The average molecular weight is 367 g/mol. The molecule has 0 amide bonds. The summed E-state index contributed by atoms with van der Waals surface area (Å²) < 4.78 is 5.44. The molecule has 0 saturated carbocycles. The van der Waals surface area contributed by atoms with Gasteiger partial charge in [-0.3, -0.25) is 9.69 Å². The molecule has 1 heterocycles. The lowest BCUT2D eigenvalue weighted by molar-refractivity contribution is -0.127. The molecule has 0 spiro atoms. The molecule has 1 fully saturated rings. The number of ketones is 1. The number of likely N-dealkylation sites (N-methyl/N-ethyl adjacent to an activating group) is 1. The molecule has 2 aromatic rings. The Bertz CT molecular complexity index is 737. The van der Waals surface area contributed by atoms with Crippen LogP contribution < -0.4 is 4.90 Å². The number of benzene rings is 2. The SMILES string of the molecule is CC(=O)C(Cc1ccccc1)(Cc1ccc(N2CCOCC2)cc1)N(C)C. The first-order valence-corrected chi connectivity index (χ1v) is 9.65. The molecule has 1 atom stereocenters. The molecule has 4 heteroatoms. The molecule has 2 aromatic carbocycles. The topological polar surface area (TPSA) is 32.8 Å². The Labute approximate surface area is 162 Å². The molecule has 27 heavy (non-hydrogen) atoms. The van der Waals surface area contributed by atoms with Crippen LogP contribution in [0.1, 0.15) is 18.1 Å². The molecule has 0 radical (unpaired) electrons. The highest BCUT2D eigenvalue weighted by Crippen LogP contribution is 2.27. The number of hydrogen-bond donors (Lipinski definition) is 0. The normalized spacial score (nSPS) is 17.0. The monoisotopic (exact) mass is 366 g/mol. The fourth-order valence-corrected chi connectivity index (χ4v) is 3.86. The Morgan fingerprint density at radius 1 is 0.963 bits per heavy atom. The number of ether oxygens (including phenoxy) is 1. The zero-order valence-electron chi connectivity index (χ0n) is 16.6. The molecule has 1 aliphatic heterocycles. The van der Waals surface area contributed by atoms with Crippen LogP contribution in [0.2, 0.25) is 0 Å². The molecule has 144 valence electrons. The highest BCUT2D eigenvalue weighted by Gasteiger charge is 2.38. The first-order valence-electron chi connectivity index (χ1n) is 9.65. The lowest BCUT2D eigenvalue weighted by Crippen LogP contribution is -2.53. The van der Waals surface area contributed by atoms with Gasteiger partial charge in [-0.1, -0.05) is 42.5 Å². The van der Waals surface area contributed by atoms with Crippen LogP contribution in [0.25, 0.3) is 0 Å². The van der Waals surface area contributed by atoms with E-state index in [0.717, 1.165) is 26.3 Å². The molecular formula is C23H30N2O2. The van der Waals surface area contributed by atoms with Gasteiger partial charge in [-0.15, -0.1) is 0 Å². The molecular weight excluding hydrogens is 336 g/mol. The maximum Gasteiger partial charge on any atom is 0.150 e. The van der Waals surface area contributed by atoms with Crippen LogP contribution in [0.4, 0.5) is 5.69 Å². The van der Waals surface area contributed by atoms with Crippen LogP contribution in [0.3, 0.4) is 0 Å². The fourth-order valence-electron chi connectivity index (χ4n) is 3.86. The molecule has 3 rings (SSSR count). The second kappa shape index (κ2) is 8.68. The van der Waals surface area contributed by atoms with E-state index in [0.29, 0.717) is 12.8 Å². The summed E-state index contributed by atoms with van der Waals surface area (Å²) in [7, 11) is 4.01. The van der Waals surface area contributed by atoms with E-state index in [2.05, 4.69) is 46.2 Å². The summed E-state index contributed by atoms with van der Waals surface area (Å²) in [6, 6.07) is 19.0. The Hall–Kier alpha value is -2.17. The summed E-state index contributed by atoms with van der Waals surface area (Å²) in [5, 5.41) is 0. The van der Waals surface area contributed by atoms with E-state index >= 15 is 0 Å². The summed E-state index contributed by atoms with van der Waals surface area (Å²) in [6.45, 7) is 5.15. The van der Waals surface area contributed by atoms with Gasteiger partial charge < -0.3 is 9.64 Å². The van der Waals surface area contributed by atoms with Gasteiger partial charge in [0.25, 0.3) is 0 Å². The highest BCUT2D eigenvalue weighted by molar-refractivity contribution is 5.87. The minimum atomic E-state index is -0.540. The summed E-state index contributed by atoms with van der Waals surface area (Å²) in [6.07, 6.45) is 1.41. The number of carbonyl (C=O) groups excluding carboxylic acids is 1. The molecule has 1 unspecified atom stereocenters. The van der Waals surface area contributed by atoms with E-state index in [4.69, 9.17) is 4.74 Å². The van der Waals surface area contributed by atoms with Crippen molar-refractivity contribution in [3.8, 4) is 0 Å². The fraction of sp³-hybridized carbons (Fsp3) is 0.435. The van der Waals surface area contributed by atoms with Gasteiger partial charge in [0.1, 0.15) is 0 Å². The van der Waals surface area contributed by atoms with Crippen LogP contribution in [0, 0.1) is 0 Å². The molecule has 1 aliphatic rings. The third-order valence-electron chi connectivity index (χ3n) is 5.66. The minimum Gasteiger partial charge on any atom is -0.378 e. The molecule has 1 saturated heterocycles. The van der Waals surface area contributed by atoms with Crippen molar-refractivity contribution in [1.82, 2.24) is 4.90 Å². The van der Waals surface area contributed by atoms with Gasteiger partial charge in [-0.2, -0.15) is 0 Å². The summed E-state index contributed by atoms with van der Waals surface area (Å²) >= 11 is 0. The molecule has 0 bridgehead atoms. The number of carbonyl (C=O) groups is 1. The molecule has 0 aliphatic carbocycles. The summed E-state index contributed by atoms with van der Waals surface area (Å²) in [5.74, 6) is 0.202. The van der Waals surface area contributed by atoms with Crippen molar-refractivity contribution in [3.05, 3.63) is 65.7 Å². The van der Waals surface area contributed by atoms with Crippen molar-refractivity contribution >= 4 is 11.5 Å². The lowest BCUT2D eigenvalue weighted by atomic mass is 9.80. The van der Waals surface area contributed by atoms with E-state index in [-0.39, 0.29) is 5.78 Å². The van der Waals surface area contributed by atoms with Crippen LogP contribution in [-0.2, 0) is 22.4 Å². The largest absolute Gasteiger partial charge is 0.378 e. The van der Waals surface area contributed by atoms with Gasteiger partial charge >= 0.3 is 0 Å². The van der Waals surface area contributed by atoms with Crippen LogP contribution in [-0.4, -0.2) is 56.6 Å². The Balaban J connectivity index is 1.82. The predicted molar refractivity (Wildman–Crippen MR) is 110 cm³/mol. The quantitative estimate of drug-likeness (QED) is 0.753. The number of nitrogens with zero attached hydrogens (tertiary/aromatic N) is 2. The van der Waals surface area contributed by atoms with Gasteiger partial charge in [0.05, 0.1) is 18.8 Å². The Kier molecular flexibility index (Phi) is 6.30. The van der Waals surface area contributed by atoms with Gasteiger partial charge in [0.15, 0.2) is 5.78 Å². The zero-order chi connectivity index (χ0) is 19.3. The minimum absolute atomic E-state index is 0.202. The Morgan fingerprint density at radius 3 is 2.04 bits per heavy atom. The van der Waals surface area contributed by atoms with Gasteiger partial charge in [0, 0.05) is 18.8 Å². The maximum atomic E-state index is 12.8. The average Bonchev–Trinajstić information content (AvgIpc) is 2.69. The second-order valence-corrected chi connectivity index (χ2v) is 7.59. The van der Waals surface area contributed by atoms with Gasteiger partial charge in [0.2, 0.25) is 0 Å². The lowest BCUT2D eigenvalue weighted by Gasteiger charge is -2.38. The van der Waals surface area contributed by atoms with Crippen molar-refractivity contribution < 1.29 is 9.53 Å². The smallest absolute Gasteiger partial charge is 0.150 e. The molecule has 4 nitrogen and oxygen atoms in total. The van der Waals surface area contributed by atoms with E-state index in [9.17, 15) is 4.79 Å². The number of anilines is 1. The van der Waals surface area contributed by atoms with E-state index in [1.54, 1.807) is 6.92 Å². The van der Waals surface area contributed by atoms with Crippen LogP contribution in [0.5, 0.6) is 0 Å². The van der Waals surface area contributed by atoms with Crippen molar-refractivity contribution in [2.24, 2.45) is 0 Å². The first-order chi connectivity index (χ1) is 13.0. The van der Waals surface area contributed by atoms with Crippen LogP contribution in [0.15, 0.2) is 54.6 Å². The second-order valence-electron chi connectivity index (χ2n) is 7.59. The summed E-state index contributed by atoms with van der Waals surface area (Å²) in [5.41, 5.74) is 3.06. The van der Waals surface area contributed by atoms with Crippen LogP contribution >= 0.6 is 0 Å². The van der Waals surface area contributed by atoms with Gasteiger partial charge in [-0.05, 0) is 57.1 Å². The number of hydrogen-bond acceptors (Lipinski definition) is 4. The third-order valence-corrected chi connectivity index (χ3v) is 5.66. The molecule has 0 aromatic heterocycles. The highest BCUT2D eigenvalue weighted by atomic mass is 16.5. The van der Waals surface area contributed by atoms with E-state index in [1.165, 1.54) is 16.8 Å². The van der Waals surface area contributed by atoms with Gasteiger partial charge in [-0.25, -0.2) is 0 Å².